The number of hydrogen-bond acceptors (Lipinski definition) is 1. The molecule has 0 aliphatic carbocycles. The van der Waals surface area contributed by atoms with E-state index in [1.807, 2.05) is 0 Å². The SMILES string of the molecule is Cc1[nH]n(C)c(=O)c1-c1cc(F)ccc1F. The molecule has 0 bridgehead atoms. The summed E-state index contributed by atoms with van der Waals surface area (Å²) >= 11 is 0. The summed E-state index contributed by atoms with van der Waals surface area (Å²) in [6.07, 6.45) is 0. The van der Waals surface area contributed by atoms with E-state index in [1.54, 1.807) is 6.92 Å². The summed E-state index contributed by atoms with van der Waals surface area (Å²) in [6, 6.07) is 3.05. The Labute approximate surface area is 90.3 Å². The van der Waals surface area contributed by atoms with E-state index in [9.17, 15) is 13.6 Å². The molecule has 0 saturated heterocycles. The topological polar surface area (TPSA) is 37.8 Å². The molecule has 2 aromatic rings. The van der Waals surface area contributed by atoms with E-state index in [0.717, 1.165) is 18.2 Å². The van der Waals surface area contributed by atoms with Crippen LogP contribution in [0.3, 0.4) is 0 Å². The molecule has 3 nitrogen and oxygen atoms in total. The fraction of sp³-hybridized carbons (Fsp3) is 0.182. The fourth-order valence-corrected chi connectivity index (χ4v) is 1.69. The average Bonchev–Trinajstić information content (AvgIpc) is 2.46. The Morgan fingerprint density at radius 3 is 2.56 bits per heavy atom. The lowest BCUT2D eigenvalue weighted by Gasteiger charge is -2.00. The Bertz CT molecular complexity index is 599. The van der Waals surface area contributed by atoms with Gasteiger partial charge in [-0.25, -0.2) is 8.78 Å². The zero-order valence-corrected chi connectivity index (χ0v) is 8.84. The second kappa shape index (κ2) is 3.59. The molecule has 0 spiro atoms. The molecule has 2 rings (SSSR count). The largest absolute Gasteiger partial charge is 0.300 e. The Morgan fingerprint density at radius 2 is 2.00 bits per heavy atom. The Morgan fingerprint density at radius 1 is 1.31 bits per heavy atom. The molecule has 0 atom stereocenters. The van der Waals surface area contributed by atoms with Crippen molar-refractivity contribution in [2.24, 2.45) is 7.05 Å². The van der Waals surface area contributed by atoms with Crippen LogP contribution < -0.4 is 5.56 Å². The van der Waals surface area contributed by atoms with Crippen LogP contribution in [0.25, 0.3) is 11.1 Å². The summed E-state index contributed by atoms with van der Waals surface area (Å²) in [5.74, 6) is -1.18. The van der Waals surface area contributed by atoms with Crippen LogP contribution in [0.15, 0.2) is 23.0 Å². The number of rotatable bonds is 1. The summed E-state index contributed by atoms with van der Waals surface area (Å²) in [5.41, 5.74) is 0.290. The van der Waals surface area contributed by atoms with E-state index in [-0.39, 0.29) is 16.7 Å². The number of benzene rings is 1. The lowest BCUT2D eigenvalue weighted by atomic mass is 10.1. The second-order valence-electron chi connectivity index (χ2n) is 3.60. The van der Waals surface area contributed by atoms with Crippen molar-refractivity contribution in [1.82, 2.24) is 9.78 Å². The third kappa shape index (κ3) is 1.54. The highest BCUT2D eigenvalue weighted by Crippen LogP contribution is 2.22. The summed E-state index contributed by atoms with van der Waals surface area (Å²) in [7, 11) is 1.52. The van der Waals surface area contributed by atoms with E-state index in [0.29, 0.717) is 5.69 Å². The van der Waals surface area contributed by atoms with Gasteiger partial charge in [0.25, 0.3) is 5.56 Å². The normalized spacial score (nSPS) is 10.8. The Hall–Kier alpha value is -1.91. The maximum Gasteiger partial charge on any atom is 0.274 e. The number of nitrogens with one attached hydrogen (secondary N) is 1. The van der Waals surface area contributed by atoms with E-state index in [4.69, 9.17) is 0 Å². The third-order valence-electron chi connectivity index (χ3n) is 2.43. The molecule has 1 aromatic carbocycles. The quantitative estimate of drug-likeness (QED) is 0.790. The minimum Gasteiger partial charge on any atom is -0.300 e. The van der Waals surface area contributed by atoms with E-state index < -0.39 is 11.6 Å². The van der Waals surface area contributed by atoms with Crippen LogP contribution >= 0.6 is 0 Å². The zero-order valence-electron chi connectivity index (χ0n) is 8.84. The molecule has 0 radical (unpaired) electrons. The molecule has 84 valence electrons. The summed E-state index contributed by atoms with van der Waals surface area (Å²) in [4.78, 5) is 11.7. The van der Waals surface area contributed by atoms with Crippen molar-refractivity contribution >= 4 is 0 Å². The molecule has 0 amide bonds. The van der Waals surface area contributed by atoms with Gasteiger partial charge < -0.3 is 0 Å². The standard InChI is InChI=1S/C11H10F2N2O/c1-6-10(11(16)15(2)14-6)8-5-7(12)3-4-9(8)13/h3-5,14H,1-2H3. The molecule has 1 N–H and O–H groups in total. The number of aromatic amines is 1. The van der Waals surface area contributed by atoms with Gasteiger partial charge in [0, 0.05) is 18.3 Å². The van der Waals surface area contributed by atoms with Crippen molar-refractivity contribution in [1.29, 1.82) is 0 Å². The molecule has 5 heteroatoms. The molecule has 0 unspecified atom stereocenters. The van der Waals surface area contributed by atoms with Crippen molar-refractivity contribution in [2.75, 3.05) is 0 Å². The van der Waals surface area contributed by atoms with Gasteiger partial charge in [0.1, 0.15) is 11.6 Å². The van der Waals surface area contributed by atoms with E-state index in [1.165, 1.54) is 11.7 Å². The van der Waals surface area contributed by atoms with Gasteiger partial charge in [-0.2, -0.15) is 0 Å². The van der Waals surface area contributed by atoms with Gasteiger partial charge in [-0.05, 0) is 25.1 Å². The number of aromatic nitrogens is 2. The number of nitrogens with zero attached hydrogens (tertiary/aromatic N) is 1. The van der Waals surface area contributed by atoms with Gasteiger partial charge in [-0.1, -0.05) is 0 Å². The van der Waals surface area contributed by atoms with Crippen LogP contribution in [0.4, 0.5) is 8.78 Å². The molecule has 16 heavy (non-hydrogen) atoms. The molecular weight excluding hydrogens is 214 g/mol. The molecular formula is C11H10F2N2O. The Balaban J connectivity index is 2.77. The van der Waals surface area contributed by atoms with Crippen LogP contribution in [-0.4, -0.2) is 9.78 Å². The van der Waals surface area contributed by atoms with Crippen LogP contribution in [0.2, 0.25) is 0 Å². The van der Waals surface area contributed by atoms with Gasteiger partial charge >= 0.3 is 0 Å². The Kier molecular flexibility index (Phi) is 2.38. The number of aryl methyl sites for hydroxylation is 2. The molecule has 0 saturated carbocycles. The predicted molar refractivity (Wildman–Crippen MR) is 56.1 cm³/mol. The fourth-order valence-electron chi connectivity index (χ4n) is 1.69. The summed E-state index contributed by atoms with van der Waals surface area (Å²) < 4.78 is 27.7. The maximum absolute atomic E-state index is 13.5. The van der Waals surface area contributed by atoms with Crippen LogP contribution in [-0.2, 0) is 7.05 Å². The van der Waals surface area contributed by atoms with Crippen LogP contribution in [0.5, 0.6) is 0 Å². The molecule has 0 aliphatic rings. The predicted octanol–water partition coefficient (Wildman–Crippen LogP) is 1.97. The molecule has 1 aromatic heterocycles. The average molecular weight is 224 g/mol. The highest BCUT2D eigenvalue weighted by atomic mass is 19.1. The van der Waals surface area contributed by atoms with Gasteiger partial charge in [0.15, 0.2) is 0 Å². The number of halogens is 2. The van der Waals surface area contributed by atoms with E-state index >= 15 is 0 Å². The van der Waals surface area contributed by atoms with Gasteiger partial charge in [-0.15, -0.1) is 0 Å². The monoisotopic (exact) mass is 224 g/mol. The number of hydrogen-bond donors (Lipinski definition) is 1. The highest BCUT2D eigenvalue weighted by Gasteiger charge is 2.15. The minimum atomic E-state index is -0.610. The lowest BCUT2D eigenvalue weighted by molar-refractivity contribution is 0.603. The van der Waals surface area contributed by atoms with Crippen LogP contribution in [0, 0.1) is 18.6 Å². The molecule has 1 heterocycles. The highest BCUT2D eigenvalue weighted by molar-refractivity contribution is 5.65. The van der Waals surface area contributed by atoms with Gasteiger partial charge in [0.2, 0.25) is 0 Å². The van der Waals surface area contributed by atoms with Gasteiger partial charge in [0.05, 0.1) is 5.56 Å². The van der Waals surface area contributed by atoms with Crippen molar-refractivity contribution < 1.29 is 8.78 Å². The second-order valence-corrected chi connectivity index (χ2v) is 3.60. The maximum atomic E-state index is 13.5. The smallest absolute Gasteiger partial charge is 0.274 e. The minimum absolute atomic E-state index is 0.0145. The van der Waals surface area contributed by atoms with Crippen molar-refractivity contribution in [3.05, 3.63) is 45.9 Å². The third-order valence-corrected chi connectivity index (χ3v) is 2.43. The first-order valence-corrected chi connectivity index (χ1v) is 4.71. The van der Waals surface area contributed by atoms with Crippen LogP contribution in [0.1, 0.15) is 5.69 Å². The first kappa shape index (κ1) is 10.6. The molecule has 0 aliphatic heterocycles. The summed E-state index contributed by atoms with van der Waals surface area (Å²) in [5, 5.41) is 2.74. The van der Waals surface area contributed by atoms with Crippen molar-refractivity contribution in [3.63, 3.8) is 0 Å². The zero-order chi connectivity index (χ0) is 11.9. The van der Waals surface area contributed by atoms with Crippen molar-refractivity contribution in [3.8, 4) is 11.1 Å². The van der Waals surface area contributed by atoms with Gasteiger partial charge in [-0.3, -0.25) is 14.6 Å². The van der Waals surface area contributed by atoms with Crippen molar-refractivity contribution in [2.45, 2.75) is 6.92 Å². The number of H-pyrrole nitrogens is 1. The lowest BCUT2D eigenvalue weighted by Crippen LogP contribution is -2.13. The summed E-state index contributed by atoms with van der Waals surface area (Å²) in [6.45, 7) is 1.64. The first-order chi connectivity index (χ1) is 7.50. The molecule has 0 fully saturated rings. The van der Waals surface area contributed by atoms with E-state index in [2.05, 4.69) is 5.10 Å². The first-order valence-electron chi connectivity index (χ1n) is 4.71.